The van der Waals surface area contributed by atoms with Gasteiger partial charge in [-0.1, -0.05) is 44.3 Å². The summed E-state index contributed by atoms with van der Waals surface area (Å²) in [7, 11) is 0. The largest absolute Gasteiger partial charge is 0.480 e. The summed E-state index contributed by atoms with van der Waals surface area (Å²) >= 11 is 5.15. The molecule has 1 unspecified atom stereocenters. The van der Waals surface area contributed by atoms with Crippen LogP contribution in [0.15, 0.2) is 30.3 Å². The maximum atomic E-state index is 12.1. The van der Waals surface area contributed by atoms with Gasteiger partial charge in [-0.2, -0.15) is 0 Å². The minimum atomic E-state index is -0.996. The maximum absolute atomic E-state index is 12.1. The molecule has 1 aromatic rings. The Morgan fingerprint density at radius 1 is 1.25 bits per heavy atom. The van der Waals surface area contributed by atoms with Crippen LogP contribution in [0, 0.1) is 5.92 Å². The van der Waals surface area contributed by atoms with E-state index in [9.17, 15) is 9.59 Å². The average Bonchev–Trinajstić information content (AvgIpc) is 2.42. The highest BCUT2D eigenvalue weighted by Gasteiger charge is 2.21. The Morgan fingerprint density at radius 3 is 2.35 bits per heavy atom. The highest BCUT2D eigenvalue weighted by atomic mass is 32.1. The van der Waals surface area contributed by atoms with Gasteiger partial charge < -0.3 is 15.7 Å². The van der Waals surface area contributed by atoms with Gasteiger partial charge in [-0.15, -0.1) is 0 Å². The van der Waals surface area contributed by atoms with Crippen LogP contribution in [0.5, 0.6) is 0 Å². The maximum Gasteiger partial charge on any atom is 0.322 e. The second-order valence-electron chi connectivity index (χ2n) is 4.67. The lowest BCUT2D eigenvalue weighted by molar-refractivity contribution is -0.135. The minimum absolute atomic E-state index is 0.0523. The first-order valence-corrected chi connectivity index (χ1v) is 6.68. The molecule has 1 rings (SSSR count). The van der Waals surface area contributed by atoms with E-state index in [1.54, 1.807) is 24.3 Å². The van der Waals surface area contributed by atoms with Gasteiger partial charge in [0.15, 0.2) is 0 Å². The van der Waals surface area contributed by atoms with Crippen LogP contribution in [0.4, 0.5) is 0 Å². The van der Waals surface area contributed by atoms with E-state index >= 15 is 0 Å². The first-order valence-electron chi connectivity index (χ1n) is 6.27. The number of amides is 1. The molecule has 0 aliphatic rings. The summed E-state index contributed by atoms with van der Waals surface area (Å²) in [6.45, 7) is 3.55. The van der Waals surface area contributed by atoms with Gasteiger partial charge in [-0.05, 0) is 18.1 Å². The van der Waals surface area contributed by atoms with Crippen LogP contribution in [-0.4, -0.2) is 34.6 Å². The fraction of sp³-hybridized carbons (Fsp3) is 0.357. The summed E-state index contributed by atoms with van der Waals surface area (Å²) in [4.78, 5) is 22.9. The SMILES string of the molecule is CC(C)C(NC(=O)c1ccccc1)C(=S)NCC(=O)O. The third-order valence-corrected chi connectivity index (χ3v) is 3.08. The summed E-state index contributed by atoms with van der Waals surface area (Å²) in [6, 6.07) is 8.40. The van der Waals surface area contributed by atoms with Crippen molar-refractivity contribution in [1.82, 2.24) is 10.6 Å². The van der Waals surface area contributed by atoms with Crippen molar-refractivity contribution in [1.29, 1.82) is 0 Å². The Morgan fingerprint density at radius 2 is 1.85 bits per heavy atom. The second kappa shape index (κ2) is 7.59. The van der Waals surface area contributed by atoms with E-state index in [0.29, 0.717) is 10.6 Å². The number of hydrogen-bond donors (Lipinski definition) is 3. The number of rotatable bonds is 6. The zero-order valence-corrected chi connectivity index (χ0v) is 12.2. The number of carboxylic acids is 1. The van der Waals surface area contributed by atoms with Gasteiger partial charge in [-0.25, -0.2) is 0 Å². The van der Waals surface area contributed by atoms with Crippen LogP contribution in [0.25, 0.3) is 0 Å². The molecule has 1 amide bonds. The standard InChI is InChI=1S/C14H18N2O3S/c1-9(2)12(14(20)15-8-11(17)18)16-13(19)10-6-4-3-5-7-10/h3-7,9,12H,8H2,1-2H3,(H,15,20)(H,16,19)(H,17,18). The van der Waals surface area contributed by atoms with Crippen molar-refractivity contribution in [3.8, 4) is 0 Å². The number of hydrogen-bond acceptors (Lipinski definition) is 3. The van der Waals surface area contributed by atoms with Crippen LogP contribution in [0.3, 0.4) is 0 Å². The lowest BCUT2D eigenvalue weighted by Crippen LogP contribution is -2.49. The molecule has 0 spiro atoms. The molecule has 1 atom stereocenters. The zero-order chi connectivity index (χ0) is 15.1. The quantitative estimate of drug-likeness (QED) is 0.692. The lowest BCUT2D eigenvalue weighted by Gasteiger charge is -2.23. The lowest BCUT2D eigenvalue weighted by atomic mass is 10.0. The number of carboxylic acid groups (broad SMARTS) is 1. The fourth-order valence-corrected chi connectivity index (χ4v) is 2.03. The van der Waals surface area contributed by atoms with E-state index in [1.807, 2.05) is 19.9 Å². The molecular formula is C14H18N2O3S. The monoisotopic (exact) mass is 294 g/mol. The van der Waals surface area contributed by atoms with E-state index in [1.165, 1.54) is 0 Å². The minimum Gasteiger partial charge on any atom is -0.480 e. The Labute approximate surface area is 123 Å². The Balaban J connectivity index is 2.70. The fourth-order valence-electron chi connectivity index (χ4n) is 1.62. The molecule has 0 saturated carbocycles. The van der Waals surface area contributed by atoms with Gasteiger partial charge in [-0.3, -0.25) is 9.59 Å². The zero-order valence-electron chi connectivity index (χ0n) is 11.4. The van der Waals surface area contributed by atoms with Gasteiger partial charge in [0.1, 0.15) is 6.54 Å². The molecule has 0 saturated heterocycles. The third-order valence-electron chi connectivity index (χ3n) is 2.69. The van der Waals surface area contributed by atoms with Crippen molar-refractivity contribution in [2.75, 3.05) is 6.54 Å². The van der Waals surface area contributed by atoms with Crippen LogP contribution < -0.4 is 10.6 Å². The molecule has 108 valence electrons. The molecule has 0 aromatic heterocycles. The third kappa shape index (κ3) is 4.97. The molecule has 20 heavy (non-hydrogen) atoms. The number of nitrogens with one attached hydrogen (secondary N) is 2. The number of carbonyl (C=O) groups excluding carboxylic acids is 1. The van der Waals surface area contributed by atoms with Gasteiger partial charge in [0.25, 0.3) is 5.91 Å². The van der Waals surface area contributed by atoms with Crippen molar-refractivity contribution in [2.24, 2.45) is 5.92 Å². The van der Waals surface area contributed by atoms with Crippen LogP contribution in [0.1, 0.15) is 24.2 Å². The van der Waals surface area contributed by atoms with Crippen molar-refractivity contribution in [2.45, 2.75) is 19.9 Å². The van der Waals surface area contributed by atoms with E-state index in [4.69, 9.17) is 17.3 Å². The first-order chi connectivity index (χ1) is 9.41. The molecule has 0 fully saturated rings. The topological polar surface area (TPSA) is 78.4 Å². The summed E-state index contributed by atoms with van der Waals surface area (Å²) in [6.07, 6.45) is 0. The van der Waals surface area contributed by atoms with Crippen LogP contribution in [-0.2, 0) is 4.79 Å². The molecule has 5 nitrogen and oxygen atoms in total. The normalized spacial score (nSPS) is 11.8. The van der Waals surface area contributed by atoms with Crippen molar-refractivity contribution < 1.29 is 14.7 Å². The molecular weight excluding hydrogens is 276 g/mol. The molecule has 3 N–H and O–H groups in total. The summed E-state index contributed by atoms with van der Waals surface area (Å²) < 4.78 is 0. The Kier molecular flexibility index (Phi) is 6.11. The molecule has 6 heteroatoms. The summed E-state index contributed by atoms with van der Waals surface area (Å²) in [5, 5.41) is 14.1. The highest BCUT2D eigenvalue weighted by Crippen LogP contribution is 2.06. The number of benzene rings is 1. The molecule has 0 aliphatic carbocycles. The highest BCUT2D eigenvalue weighted by molar-refractivity contribution is 7.80. The van der Waals surface area contributed by atoms with Gasteiger partial charge >= 0.3 is 5.97 Å². The van der Waals surface area contributed by atoms with Crippen LogP contribution in [0.2, 0.25) is 0 Å². The summed E-state index contributed by atoms with van der Waals surface area (Å²) in [5.41, 5.74) is 0.541. The predicted octanol–water partition coefficient (Wildman–Crippen LogP) is 1.44. The van der Waals surface area contributed by atoms with E-state index in [-0.39, 0.29) is 18.4 Å². The Bertz CT molecular complexity index is 488. The number of carbonyl (C=O) groups is 2. The molecule has 1 aromatic carbocycles. The van der Waals surface area contributed by atoms with Gasteiger partial charge in [0.05, 0.1) is 11.0 Å². The number of thiocarbonyl (C=S) groups is 1. The smallest absolute Gasteiger partial charge is 0.322 e. The van der Waals surface area contributed by atoms with Crippen molar-refractivity contribution in [3.63, 3.8) is 0 Å². The van der Waals surface area contributed by atoms with E-state index in [2.05, 4.69) is 10.6 Å². The second-order valence-corrected chi connectivity index (χ2v) is 5.11. The van der Waals surface area contributed by atoms with Gasteiger partial charge in [0.2, 0.25) is 0 Å². The molecule has 0 bridgehead atoms. The van der Waals surface area contributed by atoms with Crippen molar-refractivity contribution in [3.05, 3.63) is 35.9 Å². The van der Waals surface area contributed by atoms with E-state index in [0.717, 1.165) is 0 Å². The molecule has 0 aliphatic heterocycles. The predicted molar refractivity (Wildman–Crippen MR) is 80.8 cm³/mol. The molecule has 0 heterocycles. The first kappa shape index (κ1) is 16.1. The molecule has 0 radical (unpaired) electrons. The number of aliphatic carboxylic acids is 1. The Hall–Kier alpha value is -1.95. The van der Waals surface area contributed by atoms with Crippen LogP contribution >= 0.6 is 12.2 Å². The summed E-state index contributed by atoms with van der Waals surface area (Å²) in [5.74, 6) is -1.18. The van der Waals surface area contributed by atoms with Crippen molar-refractivity contribution >= 4 is 29.1 Å². The average molecular weight is 294 g/mol. The van der Waals surface area contributed by atoms with Gasteiger partial charge in [0, 0.05) is 5.56 Å². The van der Waals surface area contributed by atoms with E-state index < -0.39 is 12.0 Å².